The molecule has 74 valence electrons. The lowest BCUT2D eigenvalue weighted by Gasteiger charge is -1.96. The van der Waals surface area contributed by atoms with Crippen molar-refractivity contribution < 1.29 is 8.94 Å². The maximum Gasteiger partial charge on any atom is 0.240 e. The quantitative estimate of drug-likeness (QED) is 0.791. The summed E-state index contributed by atoms with van der Waals surface area (Å²) in [5.41, 5.74) is 1.10. The normalized spacial score (nSPS) is 10.6. The molecule has 1 N–H and O–H groups in total. The van der Waals surface area contributed by atoms with E-state index in [4.69, 9.17) is 8.94 Å². The van der Waals surface area contributed by atoms with E-state index in [0.29, 0.717) is 18.3 Å². The highest BCUT2D eigenvalue weighted by atomic mass is 16.5. The first kappa shape index (κ1) is 8.96. The Hall–Kier alpha value is -1.62. The van der Waals surface area contributed by atoms with Gasteiger partial charge in [-0.2, -0.15) is 4.98 Å². The van der Waals surface area contributed by atoms with E-state index in [9.17, 15) is 0 Å². The molecule has 0 saturated heterocycles. The number of nitrogens with one attached hydrogen (secondary N) is 1. The van der Waals surface area contributed by atoms with Crippen molar-refractivity contribution in [3.05, 3.63) is 35.9 Å². The fourth-order valence-corrected chi connectivity index (χ4v) is 1.12. The molecule has 0 aliphatic heterocycles. The molecule has 0 spiro atoms. The average Bonchev–Trinajstić information content (AvgIpc) is 2.77. The smallest absolute Gasteiger partial charge is 0.240 e. The lowest BCUT2D eigenvalue weighted by atomic mass is 10.3. The van der Waals surface area contributed by atoms with Gasteiger partial charge in [-0.05, 0) is 13.0 Å². The Kier molecular flexibility index (Phi) is 2.60. The number of nitrogens with zero attached hydrogens (tertiary/aromatic N) is 2. The van der Waals surface area contributed by atoms with Crippen LogP contribution in [-0.4, -0.2) is 10.1 Å². The Morgan fingerprint density at radius 1 is 1.43 bits per heavy atom. The first-order valence-corrected chi connectivity index (χ1v) is 4.35. The molecule has 0 radical (unpaired) electrons. The fraction of sp³-hybridized carbons (Fsp3) is 0.333. The van der Waals surface area contributed by atoms with Crippen molar-refractivity contribution in [1.82, 2.24) is 15.5 Å². The van der Waals surface area contributed by atoms with Crippen LogP contribution in [0, 0.1) is 6.92 Å². The zero-order chi connectivity index (χ0) is 9.80. The highest BCUT2D eigenvalue weighted by Crippen LogP contribution is 2.00. The van der Waals surface area contributed by atoms with Gasteiger partial charge in [0.2, 0.25) is 5.89 Å². The third-order valence-corrected chi connectivity index (χ3v) is 1.76. The first-order chi connectivity index (χ1) is 6.84. The van der Waals surface area contributed by atoms with E-state index in [-0.39, 0.29) is 0 Å². The topological polar surface area (TPSA) is 64.1 Å². The van der Waals surface area contributed by atoms with Gasteiger partial charge in [-0.25, -0.2) is 0 Å². The molecular formula is C9H11N3O2. The summed E-state index contributed by atoms with van der Waals surface area (Å²) in [6, 6.07) is 1.91. The maximum absolute atomic E-state index is 4.94. The van der Waals surface area contributed by atoms with Crippen LogP contribution in [0.2, 0.25) is 0 Å². The van der Waals surface area contributed by atoms with Gasteiger partial charge >= 0.3 is 0 Å². The highest BCUT2D eigenvalue weighted by molar-refractivity contribution is 5.04. The van der Waals surface area contributed by atoms with Crippen LogP contribution in [0.1, 0.15) is 17.3 Å². The van der Waals surface area contributed by atoms with E-state index in [1.54, 1.807) is 19.5 Å². The van der Waals surface area contributed by atoms with Gasteiger partial charge in [-0.1, -0.05) is 5.16 Å². The largest absolute Gasteiger partial charge is 0.472 e. The van der Waals surface area contributed by atoms with Crippen LogP contribution in [0.5, 0.6) is 0 Å². The summed E-state index contributed by atoms with van der Waals surface area (Å²) in [6.45, 7) is 3.10. The average molecular weight is 193 g/mol. The van der Waals surface area contributed by atoms with Crippen LogP contribution in [0.4, 0.5) is 0 Å². The number of aryl methyl sites for hydroxylation is 1. The highest BCUT2D eigenvalue weighted by Gasteiger charge is 2.01. The molecule has 0 atom stereocenters. The van der Waals surface area contributed by atoms with Crippen LogP contribution in [0.25, 0.3) is 0 Å². The van der Waals surface area contributed by atoms with E-state index in [0.717, 1.165) is 12.1 Å². The van der Waals surface area contributed by atoms with Crippen molar-refractivity contribution in [2.45, 2.75) is 20.0 Å². The molecule has 0 aromatic carbocycles. The number of aromatic nitrogens is 2. The minimum Gasteiger partial charge on any atom is -0.472 e. The molecule has 0 aliphatic rings. The Bertz CT molecular complexity index is 380. The predicted molar refractivity (Wildman–Crippen MR) is 48.3 cm³/mol. The van der Waals surface area contributed by atoms with Gasteiger partial charge in [0.05, 0.1) is 19.1 Å². The third-order valence-electron chi connectivity index (χ3n) is 1.76. The Morgan fingerprint density at radius 2 is 2.36 bits per heavy atom. The van der Waals surface area contributed by atoms with Gasteiger partial charge in [-0.15, -0.1) is 0 Å². The Labute approximate surface area is 81.1 Å². The number of furan rings is 1. The lowest BCUT2D eigenvalue weighted by molar-refractivity contribution is 0.364. The van der Waals surface area contributed by atoms with Gasteiger partial charge in [0.1, 0.15) is 0 Å². The van der Waals surface area contributed by atoms with Crippen LogP contribution >= 0.6 is 0 Å². The van der Waals surface area contributed by atoms with E-state index in [1.807, 2.05) is 6.07 Å². The van der Waals surface area contributed by atoms with Crippen molar-refractivity contribution in [3.63, 3.8) is 0 Å². The fourth-order valence-electron chi connectivity index (χ4n) is 1.12. The number of hydrogen-bond donors (Lipinski definition) is 1. The van der Waals surface area contributed by atoms with E-state index in [1.165, 1.54) is 0 Å². The monoisotopic (exact) mass is 193 g/mol. The van der Waals surface area contributed by atoms with Gasteiger partial charge in [0.15, 0.2) is 5.82 Å². The van der Waals surface area contributed by atoms with E-state index in [2.05, 4.69) is 15.5 Å². The number of hydrogen-bond acceptors (Lipinski definition) is 5. The lowest BCUT2D eigenvalue weighted by Crippen LogP contribution is -2.12. The van der Waals surface area contributed by atoms with Crippen LogP contribution < -0.4 is 5.32 Å². The standard InChI is InChI=1S/C9H11N3O2/c1-7-11-9(14-12-7)5-10-4-8-2-3-13-6-8/h2-3,6,10H,4-5H2,1H3. The molecule has 5 nitrogen and oxygen atoms in total. The van der Waals surface area contributed by atoms with Gasteiger partial charge < -0.3 is 14.3 Å². The van der Waals surface area contributed by atoms with E-state index >= 15 is 0 Å². The molecule has 0 amide bonds. The molecule has 2 rings (SSSR count). The summed E-state index contributed by atoms with van der Waals surface area (Å²) in [6.07, 6.45) is 3.35. The van der Waals surface area contributed by atoms with Crippen LogP contribution in [-0.2, 0) is 13.1 Å². The van der Waals surface area contributed by atoms with Crippen LogP contribution in [0.15, 0.2) is 27.5 Å². The third kappa shape index (κ3) is 2.20. The van der Waals surface area contributed by atoms with Crippen molar-refractivity contribution in [1.29, 1.82) is 0 Å². The van der Waals surface area contributed by atoms with Gasteiger partial charge in [0, 0.05) is 12.1 Å². The molecule has 14 heavy (non-hydrogen) atoms. The van der Waals surface area contributed by atoms with Gasteiger partial charge in [0.25, 0.3) is 0 Å². The van der Waals surface area contributed by atoms with Crippen molar-refractivity contribution in [2.24, 2.45) is 0 Å². The molecule has 0 saturated carbocycles. The maximum atomic E-state index is 4.94. The van der Waals surface area contributed by atoms with Crippen molar-refractivity contribution in [2.75, 3.05) is 0 Å². The molecule has 2 heterocycles. The number of rotatable bonds is 4. The zero-order valence-electron chi connectivity index (χ0n) is 7.86. The van der Waals surface area contributed by atoms with Crippen molar-refractivity contribution >= 4 is 0 Å². The predicted octanol–water partition coefficient (Wildman–Crippen LogP) is 1.26. The Balaban J connectivity index is 1.78. The van der Waals surface area contributed by atoms with Crippen LogP contribution in [0.3, 0.4) is 0 Å². The summed E-state index contributed by atoms with van der Waals surface area (Å²) in [5, 5.41) is 6.85. The molecule has 2 aromatic rings. The second-order valence-electron chi connectivity index (χ2n) is 2.97. The molecule has 0 bridgehead atoms. The molecule has 0 aliphatic carbocycles. The SMILES string of the molecule is Cc1noc(CNCc2ccoc2)n1. The second-order valence-corrected chi connectivity index (χ2v) is 2.97. The van der Waals surface area contributed by atoms with Gasteiger partial charge in [-0.3, -0.25) is 0 Å². The molecular weight excluding hydrogens is 182 g/mol. The van der Waals surface area contributed by atoms with Crippen molar-refractivity contribution in [3.8, 4) is 0 Å². The summed E-state index contributed by atoms with van der Waals surface area (Å²) < 4.78 is 9.87. The summed E-state index contributed by atoms with van der Waals surface area (Å²) in [5.74, 6) is 1.26. The molecule has 0 fully saturated rings. The molecule has 0 unspecified atom stereocenters. The second kappa shape index (κ2) is 4.06. The molecule has 2 aromatic heterocycles. The minimum absolute atomic E-state index is 0.575. The zero-order valence-corrected chi connectivity index (χ0v) is 7.86. The molecule has 5 heteroatoms. The summed E-state index contributed by atoms with van der Waals surface area (Å²) in [7, 11) is 0. The minimum atomic E-state index is 0.575. The first-order valence-electron chi connectivity index (χ1n) is 4.35. The summed E-state index contributed by atoms with van der Waals surface area (Å²) in [4.78, 5) is 4.07. The summed E-state index contributed by atoms with van der Waals surface area (Å²) >= 11 is 0. The Morgan fingerprint density at radius 3 is 3.00 bits per heavy atom. The van der Waals surface area contributed by atoms with E-state index < -0.39 is 0 Å².